The molecule has 31 heavy (non-hydrogen) atoms. The van der Waals surface area contributed by atoms with E-state index in [4.69, 9.17) is 4.74 Å². The van der Waals surface area contributed by atoms with Crippen LogP contribution in [0, 0.1) is 0 Å². The van der Waals surface area contributed by atoms with E-state index >= 15 is 0 Å². The number of hydrogen-bond donors (Lipinski definition) is 2. The molecule has 1 aliphatic carbocycles. The Morgan fingerprint density at radius 1 is 1.19 bits per heavy atom. The van der Waals surface area contributed by atoms with Crippen molar-refractivity contribution in [2.75, 3.05) is 19.0 Å². The summed E-state index contributed by atoms with van der Waals surface area (Å²) in [5.41, 5.74) is 1.92. The van der Waals surface area contributed by atoms with Crippen LogP contribution < -0.4 is 15.4 Å². The summed E-state index contributed by atoms with van der Waals surface area (Å²) in [5.74, 6) is -0.230. The molecule has 0 radical (unpaired) electrons. The Kier molecular flexibility index (Phi) is 4.82. The fraction of sp³-hybridized carbons (Fsp3) is 0.273. The minimum absolute atomic E-state index is 0.0854. The molecule has 158 valence electrons. The van der Waals surface area contributed by atoms with Crippen LogP contribution in [-0.4, -0.2) is 47.3 Å². The maximum Gasteiger partial charge on any atom is 0.255 e. The molecular weight excluding hydrogens is 416 g/mol. The van der Waals surface area contributed by atoms with Crippen molar-refractivity contribution in [3.63, 3.8) is 0 Å². The van der Waals surface area contributed by atoms with Crippen molar-refractivity contribution in [2.45, 2.75) is 24.9 Å². The van der Waals surface area contributed by atoms with Gasteiger partial charge in [-0.2, -0.15) is 0 Å². The molecule has 2 aliphatic rings. The number of methoxy groups -OCH3 is 1. The van der Waals surface area contributed by atoms with Crippen LogP contribution in [0.4, 0.5) is 5.13 Å². The van der Waals surface area contributed by atoms with Crippen molar-refractivity contribution >= 4 is 44.4 Å². The lowest BCUT2D eigenvalue weighted by Crippen LogP contribution is -2.42. The summed E-state index contributed by atoms with van der Waals surface area (Å²) < 4.78 is 6.18. The molecule has 3 amide bonds. The first-order chi connectivity index (χ1) is 15.1. The van der Waals surface area contributed by atoms with E-state index in [9.17, 15) is 14.4 Å². The number of para-hydroxylation sites is 1. The Bertz CT molecular complexity index is 1200. The predicted molar refractivity (Wildman–Crippen MR) is 116 cm³/mol. The highest BCUT2D eigenvalue weighted by atomic mass is 32.1. The smallest absolute Gasteiger partial charge is 0.255 e. The average Bonchev–Trinajstić information content (AvgIpc) is 3.46. The van der Waals surface area contributed by atoms with Gasteiger partial charge in [-0.3, -0.25) is 14.4 Å². The molecule has 3 aromatic rings. The van der Waals surface area contributed by atoms with Gasteiger partial charge in [0.25, 0.3) is 5.91 Å². The maximum atomic E-state index is 13.0. The number of anilines is 1. The van der Waals surface area contributed by atoms with Crippen LogP contribution in [0.25, 0.3) is 10.2 Å². The van der Waals surface area contributed by atoms with E-state index in [0.29, 0.717) is 27.5 Å². The lowest BCUT2D eigenvalue weighted by Gasteiger charge is -2.24. The normalized spacial score (nSPS) is 17.5. The number of rotatable bonds is 6. The fourth-order valence-corrected chi connectivity index (χ4v) is 4.80. The zero-order chi connectivity index (χ0) is 21.5. The van der Waals surface area contributed by atoms with Gasteiger partial charge in [-0.05, 0) is 36.6 Å². The molecule has 0 saturated heterocycles. The lowest BCUT2D eigenvalue weighted by atomic mass is 10.0. The second-order valence-corrected chi connectivity index (χ2v) is 8.56. The maximum absolute atomic E-state index is 13.0. The minimum atomic E-state index is -0.698. The SMILES string of the molecule is COc1cccc2sc(NC(=O)CNC(=O)C3c4ccccc4C(=O)N3C3CC3)nc12. The highest BCUT2D eigenvalue weighted by molar-refractivity contribution is 7.22. The number of ether oxygens (including phenoxy) is 1. The molecule has 8 nitrogen and oxygen atoms in total. The topological polar surface area (TPSA) is 101 Å². The summed E-state index contributed by atoms with van der Waals surface area (Å²) in [6.45, 7) is -0.211. The van der Waals surface area contributed by atoms with Gasteiger partial charge in [0.2, 0.25) is 11.8 Å². The van der Waals surface area contributed by atoms with Crippen LogP contribution in [0.15, 0.2) is 42.5 Å². The van der Waals surface area contributed by atoms with Gasteiger partial charge in [-0.1, -0.05) is 35.6 Å². The summed E-state index contributed by atoms with van der Waals surface area (Å²) in [5, 5.41) is 5.83. The molecule has 1 saturated carbocycles. The Labute approximate surface area is 182 Å². The van der Waals surface area contributed by atoms with Gasteiger partial charge in [0.15, 0.2) is 5.13 Å². The van der Waals surface area contributed by atoms with E-state index in [1.165, 1.54) is 11.3 Å². The Morgan fingerprint density at radius 3 is 2.77 bits per heavy atom. The number of carbonyl (C=O) groups excluding carboxylic acids is 3. The highest BCUT2D eigenvalue weighted by Crippen LogP contribution is 2.41. The molecule has 1 aliphatic heterocycles. The van der Waals surface area contributed by atoms with Gasteiger partial charge in [-0.25, -0.2) is 4.98 Å². The summed E-state index contributed by atoms with van der Waals surface area (Å²) in [7, 11) is 1.57. The molecule has 5 rings (SSSR count). The number of carbonyl (C=O) groups is 3. The fourth-order valence-electron chi connectivity index (χ4n) is 3.90. The monoisotopic (exact) mass is 436 g/mol. The van der Waals surface area contributed by atoms with Crippen LogP contribution in [0.2, 0.25) is 0 Å². The minimum Gasteiger partial charge on any atom is -0.494 e. The van der Waals surface area contributed by atoms with Crippen molar-refractivity contribution < 1.29 is 19.1 Å². The number of nitrogens with one attached hydrogen (secondary N) is 2. The van der Waals surface area contributed by atoms with Crippen molar-refractivity contribution in [1.82, 2.24) is 15.2 Å². The van der Waals surface area contributed by atoms with E-state index < -0.39 is 6.04 Å². The Hall–Kier alpha value is -3.46. The first-order valence-electron chi connectivity index (χ1n) is 9.99. The Balaban J connectivity index is 1.27. The molecule has 0 spiro atoms. The number of amides is 3. The van der Waals surface area contributed by atoms with E-state index in [2.05, 4.69) is 15.6 Å². The van der Waals surface area contributed by atoms with Crippen molar-refractivity contribution in [3.8, 4) is 5.75 Å². The number of fused-ring (bicyclic) bond motifs is 2. The summed E-state index contributed by atoms with van der Waals surface area (Å²) >= 11 is 1.33. The molecule has 1 aromatic heterocycles. The summed E-state index contributed by atoms with van der Waals surface area (Å²) in [4.78, 5) is 44.2. The molecule has 2 heterocycles. The predicted octanol–water partition coefficient (Wildman–Crippen LogP) is 2.72. The number of nitrogens with zero attached hydrogens (tertiary/aromatic N) is 2. The van der Waals surface area contributed by atoms with Crippen molar-refractivity contribution in [3.05, 3.63) is 53.6 Å². The van der Waals surface area contributed by atoms with Crippen LogP contribution in [0.3, 0.4) is 0 Å². The third-order valence-corrected chi connectivity index (χ3v) is 6.39. The zero-order valence-corrected chi connectivity index (χ0v) is 17.6. The Morgan fingerprint density at radius 2 is 2.00 bits per heavy atom. The van der Waals surface area contributed by atoms with E-state index in [1.807, 2.05) is 18.2 Å². The standard InChI is InChI=1S/C22H20N4O4S/c1-30-15-7-4-8-16-18(15)25-22(31-16)24-17(27)11-23-20(28)19-13-5-2-3-6-14(13)21(29)26(19)12-9-10-12/h2-8,12,19H,9-11H2,1H3,(H,23,28)(H,24,25,27). The molecule has 2 N–H and O–H groups in total. The number of hydrogen-bond acceptors (Lipinski definition) is 6. The van der Waals surface area contributed by atoms with Gasteiger partial charge in [0.05, 0.1) is 18.4 Å². The van der Waals surface area contributed by atoms with Gasteiger partial charge in [-0.15, -0.1) is 0 Å². The first kappa shape index (κ1) is 19.5. The molecule has 0 bridgehead atoms. The van der Waals surface area contributed by atoms with Crippen LogP contribution in [0.1, 0.15) is 34.8 Å². The number of benzene rings is 2. The van der Waals surface area contributed by atoms with E-state index in [1.54, 1.807) is 36.3 Å². The number of aromatic nitrogens is 1. The van der Waals surface area contributed by atoms with Crippen LogP contribution >= 0.6 is 11.3 Å². The average molecular weight is 436 g/mol. The van der Waals surface area contributed by atoms with E-state index in [0.717, 1.165) is 17.5 Å². The first-order valence-corrected chi connectivity index (χ1v) is 10.8. The van der Waals surface area contributed by atoms with Crippen molar-refractivity contribution in [2.24, 2.45) is 0 Å². The zero-order valence-electron chi connectivity index (χ0n) is 16.8. The van der Waals surface area contributed by atoms with Crippen LogP contribution in [-0.2, 0) is 9.59 Å². The van der Waals surface area contributed by atoms with Gasteiger partial charge in [0, 0.05) is 11.6 Å². The van der Waals surface area contributed by atoms with Crippen LogP contribution in [0.5, 0.6) is 5.75 Å². The third kappa shape index (κ3) is 3.50. The molecule has 1 unspecified atom stereocenters. The summed E-state index contributed by atoms with van der Waals surface area (Å²) in [6.07, 6.45) is 1.79. The lowest BCUT2D eigenvalue weighted by molar-refractivity contribution is -0.127. The number of thiazole rings is 1. The van der Waals surface area contributed by atoms with Gasteiger partial charge in [0.1, 0.15) is 17.3 Å². The van der Waals surface area contributed by atoms with Gasteiger partial charge >= 0.3 is 0 Å². The van der Waals surface area contributed by atoms with E-state index in [-0.39, 0.29) is 30.3 Å². The second kappa shape index (κ2) is 7.66. The third-order valence-electron chi connectivity index (χ3n) is 5.46. The second-order valence-electron chi connectivity index (χ2n) is 7.53. The molecular formula is C22H20N4O4S. The van der Waals surface area contributed by atoms with Gasteiger partial charge < -0.3 is 20.3 Å². The summed E-state index contributed by atoms with van der Waals surface area (Å²) in [6, 6.07) is 12.1. The molecule has 1 fully saturated rings. The molecule has 2 aromatic carbocycles. The molecule has 1 atom stereocenters. The molecule has 9 heteroatoms. The van der Waals surface area contributed by atoms with Crippen molar-refractivity contribution in [1.29, 1.82) is 0 Å². The quantitative estimate of drug-likeness (QED) is 0.619. The highest BCUT2D eigenvalue weighted by Gasteiger charge is 2.47. The largest absolute Gasteiger partial charge is 0.494 e.